The van der Waals surface area contributed by atoms with Crippen LogP contribution in [0.3, 0.4) is 0 Å². The molecule has 0 aromatic heterocycles. The van der Waals surface area contributed by atoms with Crippen LogP contribution in [0, 0.1) is 0 Å². The molecule has 24 heavy (non-hydrogen) atoms. The Morgan fingerprint density at radius 2 is 1.79 bits per heavy atom. The van der Waals surface area contributed by atoms with Gasteiger partial charge in [-0.25, -0.2) is 4.79 Å². The highest BCUT2D eigenvalue weighted by Gasteiger charge is 2.33. The fourth-order valence-corrected chi connectivity index (χ4v) is 2.93. The highest BCUT2D eigenvalue weighted by Crippen LogP contribution is 2.26. The minimum atomic E-state index is -0.452. The number of halogens is 2. The molecule has 1 heterocycles. The van der Waals surface area contributed by atoms with Gasteiger partial charge in [0.1, 0.15) is 11.4 Å². The highest BCUT2D eigenvalue weighted by molar-refractivity contribution is 9.10. The number of benzene rings is 2. The van der Waals surface area contributed by atoms with E-state index in [1.807, 2.05) is 24.3 Å². The van der Waals surface area contributed by atoms with Crippen LogP contribution in [0.2, 0.25) is 0 Å². The second kappa shape index (κ2) is 6.78. The summed E-state index contributed by atoms with van der Waals surface area (Å²) in [5.74, 6) is -0.275. The summed E-state index contributed by atoms with van der Waals surface area (Å²) in [6.07, 6.45) is 1.58. The number of urea groups is 1. The van der Waals surface area contributed by atoms with Crippen LogP contribution in [0.1, 0.15) is 11.1 Å². The molecule has 2 N–H and O–H groups in total. The number of amides is 3. The van der Waals surface area contributed by atoms with Gasteiger partial charge in [-0.3, -0.25) is 9.69 Å². The Balaban J connectivity index is 1.81. The second-order valence-corrected chi connectivity index (χ2v) is 6.99. The fraction of sp³-hybridized carbons (Fsp3) is 0.0588. The van der Waals surface area contributed by atoms with Crippen molar-refractivity contribution >= 4 is 49.9 Å². The van der Waals surface area contributed by atoms with Gasteiger partial charge in [-0.05, 0) is 57.4 Å². The maximum Gasteiger partial charge on any atom is 0.329 e. The predicted molar refractivity (Wildman–Crippen MR) is 97.0 cm³/mol. The summed E-state index contributed by atoms with van der Waals surface area (Å²) in [7, 11) is 0. The third-order valence-corrected chi connectivity index (χ3v) is 4.66. The first-order chi connectivity index (χ1) is 11.4. The normalized spacial score (nSPS) is 15.9. The standard InChI is InChI=1S/C17H12Br2N2O3/c18-12-4-1-10(2-5-12)9-21-16(23)14(20-17(21)24)8-11-3-6-15(22)13(19)7-11/h1-8,22H,9H2,(H,20,24)/b14-8+. The summed E-state index contributed by atoms with van der Waals surface area (Å²) in [5, 5.41) is 12.1. The highest BCUT2D eigenvalue weighted by atomic mass is 79.9. The van der Waals surface area contributed by atoms with Crippen LogP contribution in [0.4, 0.5) is 4.79 Å². The van der Waals surface area contributed by atoms with Crippen LogP contribution in [-0.2, 0) is 11.3 Å². The van der Waals surface area contributed by atoms with Crippen molar-refractivity contribution in [1.82, 2.24) is 10.2 Å². The van der Waals surface area contributed by atoms with E-state index in [4.69, 9.17) is 0 Å². The number of carbonyl (C=O) groups is 2. The van der Waals surface area contributed by atoms with Gasteiger partial charge in [-0.2, -0.15) is 0 Å². The number of aromatic hydroxyl groups is 1. The largest absolute Gasteiger partial charge is 0.507 e. The summed E-state index contributed by atoms with van der Waals surface area (Å²) < 4.78 is 1.45. The van der Waals surface area contributed by atoms with Gasteiger partial charge in [-0.1, -0.05) is 34.1 Å². The number of nitrogens with one attached hydrogen (secondary N) is 1. The van der Waals surface area contributed by atoms with Crippen molar-refractivity contribution in [3.05, 3.63) is 68.2 Å². The van der Waals surface area contributed by atoms with Crippen LogP contribution in [0.15, 0.2) is 57.1 Å². The molecule has 2 aromatic carbocycles. The molecule has 0 spiro atoms. The molecule has 0 radical (unpaired) electrons. The maximum absolute atomic E-state index is 12.4. The number of hydrogen-bond donors (Lipinski definition) is 2. The second-order valence-electron chi connectivity index (χ2n) is 5.22. The van der Waals surface area contributed by atoms with Crippen LogP contribution < -0.4 is 5.32 Å². The Labute approximate surface area is 155 Å². The molecule has 7 heteroatoms. The van der Waals surface area contributed by atoms with E-state index in [-0.39, 0.29) is 23.9 Å². The molecule has 0 atom stereocenters. The van der Waals surface area contributed by atoms with Gasteiger partial charge in [0.05, 0.1) is 11.0 Å². The molecule has 5 nitrogen and oxygen atoms in total. The van der Waals surface area contributed by atoms with Gasteiger partial charge in [-0.15, -0.1) is 0 Å². The molecule has 0 saturated carbocycles. The average Bonchev–Trinajstić information content (AvgIpc) is 2.80. The molecule has 1 aliphatic rings. The molecule has 0 unspecified atom stereocenters. The van der Waals surface area contributed by atoms with Crippen LogP contribution in [0.25, 0.3) is 6.08 Å². The van der Waals surface area contributed by atoms with E-state index in [1.54, 1.807) is 18.2 Å². The number of hydrogen-bond acceptors (Lipinski definition) is 3. The summed E-state index contributed by atoms with van der Waals surface area (Å²) >= 11 is 6.57. The summed E-state index contributed by atoms with van der Waals surface area (Å²) in [4.78, 5) is 25.7. The van der Waals surface area contributed by atoms with Gasteiger partial charge < -0.3 is 10.4 Å². The Morgan fingerprint density at radius 1 is 1.08 bits per heavy atom. The zero-order valence-corrected chi connectivity index (χ0v) is 15.5. The number of phenols is 1. The number of carbonyl (C=O) groups excluding carboxylic acids is 2. The van der Waals surface area contributed by atoms with Gasteiger partial charge in [0.15, 0.2) is 0 Å². The van der Waals surface area contributed by atoms with Crippen molar-refractivity contribution in [3.63, 3.8) is 0 Å². The molecule has 0 aliphatic carbocycles. The van der Waals surface area contributed by atoms with Crippen LogP contribution >= 0.6 is 31.9 Å². The zero-order chi connectivity index (χ0) is 17.3. The molecular formula is C17H12Br2N2O3. The van der Waals surface area contributed by atoms with Gasteiger partial charge in [0, 0.05) is 4.47 Å². The predicted octanol–water partition coefficient (Wildman–Crippen LogP) is 4.01. The van der Waals surface area contributed by atoms with Crippen molar-refractivity contribution in [3.8, 4) is 5.75 Å². The molecule has 1 fully saturated rings. The number of phenolic OH excluding ortho intramolecular Hbond substituents is 1. The first-order valence-corrected chi connectivity index (χ1v) is 8.60. The van der Waals surface area contributed by atoms with Crippen LogP contribution in [0.5, 0.6) is 5.75 Å². The van der Waals surface area contributed by atoms with Crippen molar-refractivity contribution in [2.45, 2.75) is 6.54 Å². The van der Waals surface area contributed by atoms with E-state index in [1.165, 1.54) is 6.07 Å². The molecule has 1 saturated heterocycles. The van der Waals surface area contributed by atoms with Gasteiger partial charge in [0.25, 0.3) is 5.91 Å². The minimum absolute atomic E-state index is 0.107. The van der Waals surface area contributed by atoms with E-state index in [9.17, 15) is 14.7 Å². The molecule has 2 aromatic rings. The fourth-order valence-electron chi connectivity index (χ4n) is 2.27. The van der Waals surface area contributed by atoms with E-state index in [0.717, 1.165) is 14.9 Å². The molecule has 0 bridgehead atoms. The Kier molecular flexibility index (Phi) is 4.73. The van der Waals surface area contributed by atoms with Crippen molar-refractivity contribution in [1.29, 1.82) is 0 Å². The summed E-state index contributed by atoms with van der Waals surface area (Å²) in [6.45, 7) is 0.203. The number of imide groups is 1. The Hall–Kier alpha value is -2.12. The summed E-state index contributed by atoms with van der Waals surface area (Å²) in [6, 6.07) is 11.8. The maximum atomic E-state index is 12.4. The topological polar surface area (TPSA) is 69.6 Å². The molecular weight excluding hydrogens is 440 g/mol. The van der Waals surface area contributed by atoms with Gasteiger partial charge in [0.2, 0.25) is 0 Å². The van der Waals surface area contributed by atoms with E-state index >= 15 is 0 Å². The lowest BCUT2D eigenvalue weighted by molar-refractivity contribution is -0.123. The third-order valence-electron chi connectivity index (χ3n) is 3.50. The van der Waals surface area contributed by atoms with Crippen molar-refractivity contribution < 1.29 is 14.7 Å². The van der Waals surface area contributed by atoms with Crippen molar-refractivity contribution in [2.24, 2.45) is 0 Å². The lowest BCUT2D eigenvalue weighted by Crippen LogP contribution is -2.30. The Bertz CT molecular complexity index is 847. The summed E-state index contributed by atoms with van der Waals surface area (Å²) in [5.41, 5.74) is 1.75. The van der Waals surface area contributed by atoms with E-state index < -0.39 is 6.03 Å². The molecule has 3 amide bonds. The minimum Gasteiger partial charge on any atom is -0.507 e. The zero-order valence-electron chi connectivity index (χ0n) is 12.3. The first kappa shape index (κ1) is 16.7. The number of nitrogens with zero attached hydrogens (tertiary/aromatic N) is 1. The lowest BCUT2D eigenvalue weighted by Gasteiger charge is -2.11. The Morgan fingerprint density at radius 3 is 2.46 bits per heavy atom. The molecule has 1 aliphatic heterocycles. The smallest absolute Gasteiger partial charge is 0.329 e. The first-order valence-electron chi connectivity index (χ1n) is 7.01. The molecule has 3 rings (SSSR count). The molecule has 122 valence electrons. The van der Waals surface area contributed by atoms with Crippen molar-refractivity contribution in [2.75, 3.05) is 0 Å². The monoisotopic (exact) mass is 450 g/mol. The average molecular weight is 452 g/mol. The third kappa shape index (κ3) is 3.52. The van der Waals surface area contributed by atoms with E-state index in [2.05, 4.69) is 37.2 Å². The van der Waals surface area contributed by atoms with E-state index in [0.29, 0.717) is 10.0 Å². The SMILES string of the molecule is O=C1N/C(=C/c2ccc(O)c(Br)c2)C(=O)N1Cc1ccc(Br)cc1. The quantitative estimate of drug-likeness (QED) is 0.547. The van der Waals surface area contributed by atoms with Gasteiger partial charge >= 0.3 is 6.03 Å². The lowest BCUT2D eigenvalue weighted by atomic mass is 10.2. The van der Waals surface area contributed by atoms with Crippen LogP contribution in [-0.4, -0.2) is 21.9 Å². The number of rotatable bonds is 3.